The maximum atomic E-state index is 5.76. The summed E-state index contributed by atoms with van der Waals surface area (Å²) in [4.78, 5) is 10.5. The normalized spacial score (nSPS) is 12.0. The molecule has 20 heavy (non-hydrogen) atoms. The number of rotatable bonds is 7. The van der Waals surface area contributed by atoms with Crippen LogP contribution in [0.1, 0.15) is 45.9 Å². The minimum Gasteiger partial charge on any atom is -0.370 e. The average molecular weight is 293 g/mol. The molecule has 0 saturated carbocycles. The third-order valence-corrected chi connectivity index (χ3v) is 4.61. The van der Waals surface area contributed by atoms with Crippen molar-refractivity contribution >= 4 is 27.4 Å². The summed E-state index contributed by atoms with van der Waals surface area (Å²) >= 11 is 1.65. The van der Waals surface area contributed by atoms with E-state index in [0.717, 1.165) is 47.7 Å². The summed E-state index contributed by atoms with van der Waals surface area (Å²) in [6, 6.07) is 2.08. The smallest absolute Gasteiger partial charge is 0.164 e. The summed E-state index contributed by atoms with van der Waals surface area (Å²) in [5.74, 6) is 1.72. The first kappa shape index (κ1) is 15.2. The minimum absolute atomic E-state index is 0.388. The largest absolute Gasteiger partial charge is 0.370 e. The monoisotopic (exact) mass is 293 g/mol. The van der Waals surface area contributed by atoms with E-state index >= 15 is 0 Å². The predicted molar refractivity (Wildman–Crippen MR) is 85.5 cm³/mol. The van der Waals surface area contributed by atoms with Gasteiger partial charge < -0.3 is 10.1 Å². The minimum atomic E-state index is -0.388. The molecule has 2 heterocycles. The van der Waals surface area contributed by atoms with Crippen LogP contribution in [0, 0.1) is 0 Å². The second-order valence-electron chi connectivity index (χ2n) is 4.87. The van der Waals surface area contributed by atoms with Crippen LogP contribution in [0.25, 0.3) is 10.2 Å². The molecule has 0 radical (unpaired) electrons. The van der Waals surface area contributed by atoms with Crippen molar-refractivity contribution in [3.8, 4) is 0 Å². The van der Waals surface area contributed by atoms with Crippen LogP contribution in [0.3, 0.4) is 0 Å². The lowest BCUT2D eigenvalue weighted by Crippen LogP contribution is -2.29. The van der Waals surface area contributed by atoms with Crippen LogP contribution in [0.4, 0.5) is 5.82 Å². The first-order chi connectivity index (χ1) is 9.70. The van der Waals surface area contributed by atoms with Gasteiger partial charge >= 0.3 is 0 Å². The van der Waals surface area contributed by atoms with Crippen LogP contribution in [-0.2, 0) is 10.3 Å². The van der Waals surface area contributed by atoms with Crippen molar-refractivity contribution in [2.45, 2.75) is 45.6 Å². The van der Waals surface area contributed by atoms with Crippen LogP contribution in [-0.4, -0.2) is 23.6 Å². The van der Waals surface area contributed by atoms with Crippen LogP contribution < -0.4 is 5.32 Å². The van der Waals surface area contributed by atoms with E-state index in [2.05, 4.69) is 37.5 Å². The number of hydrogen-bond donors (Lipinski definition) is 1. The van der Waals surface area contributed by atoms with Gasteiger partial charge in [-0.25, -0.2) is 9.97 Å². The zero-order valence-electron chi connectivity index (χ0n) is 12.7. The van der Waals surface area contributed by atoms with E-state index in [0.29, 0.717) is 0 Å². The average Bonchev–Trinajstić information content (AvgIpc) is 2.96. The molecule has 0 spiro atoms. The molecule has 0 amide bonds. The first-order valence-corrected chi connectivity index (χ1v) is 8.13. The number of ether oxygens (including phenoxy) is 1. The highest BCUT2D eigenvalue weighted by atomic mass is 32.1. The standard InChI is InChI=1S/C15H23N3OS/c1-5-9-16-12-11-8-10-20-13(11)18-14(17-12)15(6-2,7-3)19-4/h8,10H,5-7,9H2,1-4H3,(H,16,17,18). The van der Waals surface area contributed by atoms with E-state index in [4.69, 9.17) is 14.7 Å². The van der Waals surface area contributed by atoms with Crippen molar-refractivity contribution in [2.75, 3.05) is 19.0 Å². The molecule has 2 aromatic rings. The summed E-state index contributed by atoms with van der Waals surface area (Å²) < 4.78 is 5.76. The second kappa shape index (κ2) is 6.50. The molecule has 2 rings (SSSR count). The summed E-state index contributed by atoms with van der Waals surface area (Å²) in [7, 11) is 1.74. The molecule has 0 aliphatic carbocycles. The van der Waals surface area contributed by atoms with Gasteiger partial charge in [-0.05, 0) is 30.7 Å². The van der Waals surface area contributed by atoms with Gasteiger partial charge in [-0.1, -0.05) is 20.8 Å². The van der Waals surface area contributed by atoms with Crippen molar-refractivity contribution in [2.24, 2.45) is 0 Å². The molecule has 0 aliphatic heterocycles. The van der Waals surface area contributed by atoms with E-state index in [9.17, 15) is 0 Å². The molecule has 5 heteroatoms. The van der Waals surface area contributed by atoms with Crippen molar-refractivity contribution in [1.29, 1.82) is 0 Å². The van der Waals surface area contributed by atoms with Gasteiger partial charge in [0.1, 0.15) is 16.2 Å². The molecular weight excluding hydrogens is 270 g/mol. The van der Waals surface area contributed by atoms with Crippen LogP contribution >= 0.6 is 11.3 Å². The maximum absolute atomic E-state index is 5.76. The van der Waals surface area contributed by atoms with Gasteiger partial charge in [0.15, 0.2) is 5.82 Å². The van der Waals surface area contributed by atoms with Crippen molar-refractivity contribution in [1.82, 2.24) is 9.97 Å². The molecule has 0 bridgehead atoms. The van der Waals surface area contributed by atoms with Gasteiger partial charge in [0.25, 0.3) is 0 Å². The highest BCUT2D eigenvalue weighted by molar-refractivity contribution is 7.16. The Labute approximate surface area is 124 Å². The zero-order valence-corrected chi connectivity index (χ0v) is 13.5. The number of nitrogens with zero attached hydrogens (tertiary/aromatic N) is 2. The Kier molecular flexibility index (Phi) is 4.94. The molecule has 0 fully saturated rings. The summed E-state index contributed by atoms with van der Waals surface area (Å²) in [5, 5.41) is 6.57. The SMILES string of the molecule is CCCNc1nc(C(CC)(CC)OC)nc2sccc12. The van der Waals surface area contributed by atoms with Gasteiger partial charge in [0.05, 0.1) is 5.39 Å². The lowest BCUT2D eigenvalue weighted by atomic mass is 9.96. The molecule has 1 N–H and O–H groups in total. The predicted octanol–water partition coefficient (Wildman–Crippen LogP) is 4.17. The highest BCUT2D eigenvalue weighted by Gasteiger charge is 2.32. The fraction of sp³-hybridized carbons (Fsp3) is 0.600. The number of hydrogen-bond acceptors (Lipinski definition) is 5. The molecule has 0 saturated heterocycles. The Morgan fingerprint density at radius 2 is 2.00 bits per heavy atom. The number of aromatic nitrogens is 2. The van der Waals surface area contributed by atoms with E-state index in [1.807, 2.05) is 0 Å². The Morgan fingerprint density at radius 3 is 2.60 bits per heavy atom. The molecular formula is C15H23N3OS. The van der Waals surface area contributed by atoms with E-state index < -0.39 is 0 Å². The summed E-state index contributed by atoms with van der Waals surface area (Å²) in [6.07, 6.45) is 2.80. The summed E-state index contributed by atoms with van der Waals surface area (Å²) in [6.45, 7) is 7.30. The fourth-order valence-corrected chi connectivity index (χ4v) is 3.15. The first-order valence-electron chi connectivity index (χ1n) is 7.25. The van der Waals surface area contributed by atoms with Crippen LogP contribution in [0.5, 0.6) is 0 Å². The lowest BCUT2D eigenvalue weighted by molar-refractivity contribution is -0.0287. The van der Waals surface area contributed by atoms with Gasteiger partial charge in [-0.3, -0.25) is 0 Å². The molecule has 4 nitrogen and oxygen atoms in total. The second-order valence-corrected chi connectivity index (χ2v) is 5.76. The van der Waals surface area contributed by atoms with E-state index in [1.54, 1.807) is 18.4 Å². The Balaban J connectivity index is 2.53. The van der Waals surface area contributed by atoms with Crippen LogP contribution in [0.2, 0.25) is 0 Å². The lowest BCUT2D eigenvalue weighted by Gasteiger charge is -2.28. The van der Waals surface area contributed by atoms with Crippen molar-refractivity contribution < 1.29 is 4.74 Å². The molecule has 0 unspecified atom stereocenters. The van der Waals surface area contributed by atoms with E-state index in [-0.39, 0.29) is 5.60 Å². The van der Waals surface area contributed by atoms with Crippen molar-refractivity contribution in [3.63, 3.8) is 0 Å². The molecule has 0 aromatic carbocycles. The number of thiophene rings is 1. The molecule has 0 aliphatic rings. The van der Waals surface area contributed by atoms with Gasteiger partial charge in [0, 0.05) is 13.7 Å². The fourth-order valence-electron chi connectivity index (χ4n) is 2.38. The van der Waals surface area contributed by atoms with Gasteiger partial charge in [-0.2, -0.15) is 0 Å². The third-order valence-electron chi connectivity index (χ3n) is 3.81. The Morgan fingerprint density at radius 1 is 1.25 bits per heavy atom. The van der Waals surface area contributed by atoms with Gasteiger partial charge in [-0.15, -0.1) is 11.3 Å². The molecule has 0 atom stereocenters. The number of anilines is 1. The van der Waals surface area contributed by atoms with Gasteiger partial charge in [0.2, 0.25) is 0 Å². The van der Waals surface area contributed by atoms with Crippen molar-refractivity contribution in [3.05, 3.63) is 17.3 Å². The maximum Gasteiger partial charge on any atom is 0.164 e. The number of fused-ring (bicyclic) bond motifs is 1. The third kappa shape index (κ3) is 2.65. The summed E-state index contributed by atoms with van der Waals surface area (Å²) in [5.41, 5.74) is -0.388. The number of nitrogens with one attached hydrogen (secondary N) is 1. The zero-order chi connectivity index (χ0) is 14.6. The highest BCUT2D eigenvalue weighted by Crippen LogP contribution is 2.34. The Hall–Kier alpha value is -1.20. The topological polar surface area (TPSA) is 47.0 Å². The Bertz CT molecular complexity index is 555. The molecule has 2 aromatic heterocycles. The number of methoxy groups -OCH3 is 1. The molecule has 110 valence electrons. The van der Waals surface area contributed by atoms with Crippen LogP contribution in [0.15, 0.2) is 11.4 Å². The quantitative estimate of drug-likeness (QED) is 0.832. The van der Waals surface area contributed by atoms with E-state index in [1.165, 1.54) is 0 Å².